The Morgan fingerprint density at radius 1 is 0.793 bits per heavy atom. The van der Waals surface area contributed by atoms with E-state index in [0.29, 0.717) is 13.1 Å². The lowest BCUT2D eigenvalue weighted by molar-refractivity contribution is -0.153. The summed E-state index contributed by atoms with van der Waals surface area (Å²) >= 11 is 0. The van der Waals surface area contributed by atoms with E-state index in [1.807, 2.05) is 95.9 Å². The van der Waals surface area contributed by atoms with Crippen LogP contribution >= 0.6 is 0 Å². The average Bonchev–Trinajstić information content (AvgIpc) is 2.78. The third-order valence-corrected chi connectivity index (χ3v) is 4.91. The molecule has 3 aromatic carbocycles. The van der Waals surface area contributed by atoms with Gasteiger partial charge in [-0.1, -0.05) is 91.0 Å². The molecule has 4 heteroatoms. The second kappa shape index (κ2) is 10.5. The lowest BCUT2D eigenvalue weighted by atomic mass is 10.1. The monoisotopic (exact) mass is 391 g/mol. The molecule has 150 valence electrons. The molecular formula is C25H26FNO2. The summed E-state index contributed by atoms with van der Waals surface area (Å²) in [6.45, 7) is 2.90. The van der Waals surface area contributed by atoms with Crippen LogP contribution in [0.3, 0.4) is 0 Å². The normalized spacial score (nSPS) is 13.1. The Balaban J connectivity index is 1.68. The Labute approximate surface area is 171 Å². The third kappa shape index (κ3) is 6.26. The topological polar surface area (TPSA) is 29.5 Å². The number of halogens is 1. The maximum Gasteiger partial charge on any atom is 0.342 e. The Kier molecular flexibility index (Phi) is 7.54. The number of alkyl halides is 1. The highest BCUT2D eigenvalue weighted by Crippen LogP contribution is 2.18. The van der Waals surface area contributed by atoms with Crippen molar-refractivity contribution in [3.05, 3.63) is 108 Å². The molecule has 3 aromatic rings. The first kappa shape index (κ1) is 20.7. The number of ether oxygens (including phenoxy) is 1. The van der Waals surface area contributed by atoms with E-state index in [9.17, 15) is 4.79 Å². The van der Waals surface area contributed by atoms with Gasteiger partial charge in [-0.05, 0) is 23.6 Å². The fraction of sp³-hybridized carbons (Fsp3) is 0.240. The molecule has 0 aromatic heterocycles. The Morgan fingerprint density at radius 2 is 1.21 bits per heavy atom. The summed E-state index contributed by atoms with van der Waals surface area (Å²) in [6.07, 6.45) is -1.73. The highest BCUT2D eigenvalue weighted by molar-refractivity contribution is 5.75. The van der Waals surface area contributed by atoms with Crippen molar-refractivity contribution in [2.75, 3.05) is 0 Å². The predicted octanol–water partition coefficient (Wildman–Crippen LogP) is 5.16. The number of nitrogens with zero attached hydrogens (tertiary/aromatic N) is 1. The quantitative estimate of drug-likeness (QED) is 0.472. The minimum absolute atomic E-state index is 0.0736. The van der Waals surface area contributed by atoms with Crippen molar-refractivity contribution < 1.29 is 13.9 Å². The van der Waals surface area contributed by atoms with E-state index in [4.69, 9.17) is 4.74 Å². The minimum Gasteiger partial charge on any atom is -0.459 e. The van der Waals surface area contributed by atoms with Crippen molar-refractivity contribution in [2.45, 2.75) is 38.8 Å². The number of carbonyl (C=O) groups is 1. The lowest BCUT2D eigenvalue weighted by Crippen LogP contribution is -2.43. The van der Waals surface area contributed by atoms with Gasteiger partial charge in [0.15, 0.2) is 0 Å². The van der Waals surface area contributed by atoms with Crippen LogP contribution in [0.2, 0.25) is 0 Å². The van der Waals surface area contributed by atoms with Gasteiger partial charge in [0.2, 0.25) is 6.17 Å². The van der Waals surface area contributed by atoms with Gasteiger partial charge in [-0.25, -0.2) is 9.18 Å². The van der Waals surface area contributed by atoms with Crippen molar-refractivity contribution in [1.82, 2.24) is 4.90 Å². The molecule has 0 radical (unpaired) electrons. The number of rotatable bonds is 9. The molecule has 0 aliphatic carbocycles. The van der Waals surface area contributed by atoms with Crippen LogP contribution < -0.4 is 0 Å². The van der Waals surface area contributed by atoms with Crippen LogP contribution in [0.4, 0.5) is 4.39 Å². The maximum atomic E-state index is 15.0. The van der Waals surface area contributed by atoms with Gasteiger partial charge in [-0.15, -0.1) is 0 Å². The molecule has 3 nitrogen and oxygen atoms in total. The number of hydrogen-bond donors (Lipinski definition) is 0. The second-order valence-corrected chi connectivity index (χ2v) is 7.11. The first-order valence-electron chi connectivity index (χ1n) is 9.80. The molecule has 0 bridgehead atoms. The summed E-state index contributed by atoms with van der Waals surface area (Å²) in [6, 6.07) is 28.4. The van der Waals surface area contributed by atoms with E-state index in [-0.39, 0.29) is 6.61 Å². The zero-order valence-corrected chi connectivity index (χ0v) is 16.6. The van der Waals surface area contributed by atoms with Crippen LogP contribution in [0.25, 0.3) is 0 Å². The number of carbonyl (C=O) groups excluding carboxylic acids is 1. The molecule has 0 aliphatic rings. The van der Waals surface area contributed by atoms with Gasteiger partial charge in [-0.3, -0.25) is 4.90 Å². The molecule has 0 heterocycles. The van der Waals surface area contributed by atoms with Gasteiger partial charge in [-0.2, -0.15) is 0 Å². The molecule has 0 saturated carbocycles. The van der Waals surface area contributed by atoms with Crippen molar-refractivity contribution in [3.8, 4) is 0 Å². The van der Waals surface area contributed by atoms with E-state index in [1.165, 1.54) is 0 Å². The maximum absolute atomic E-state index is 15.0. The van der Waals surface area contributed by atoms with E-state index in [2.05, 4.69) is 0 Å². The first-order chi connectivity index (χ1) is 14.1. The van der Waals surface area contributed by atoms with Gasteiger partial charge in [0.25, 0.3) is 0 Å². The molecule has 29 heavy (non-hydrogen) atoms. The molecule has 2 atom stereocenters. The molecule has 0 spiro atoms. The summed E-state index contributed by atoms with van der Waals surface area (Å²) in [5.41, 5.74) is 2.98. The Morgan fingerprint density at radius 3 is 1.66 bits per heavy atom. The van der Waals surface area contributed by atoms with Gasteiger partial charge in [0.1, 0.15) is 6.61 Å². The molecule has 0 aliphatic heterocycles. The first-order valence-corrected chi connectivity index (χ1v) is 9.80. The summed E-state index contributed by atoms with van der Waals surface area (Å²) in [7, 11) is 0. The van der Waals surface area contributed by atoms with Crippen LogP contribution in [0.1, 0.15) is 23.6 Å². The van der Waals surface area contributed by atoms with E-state index in [0.717, 1.165) is 16.7 Å². The fourth-order valence-electron chi connectivity index (χ4n) is 3.17. The molecule has 0 saturated heterocycles. The summed E-state index contributed by atoms with van der Waals surface area (Å²) in [5, 5.41) is 0. The van der Waals surface area contributed by atoms with Crippen molar-refractivity contribution in [1.29, 1.82) is 0 Å². The van der Waals surface area contributed by atoms with Gasteiger partial charge in [0.05, 0.1) is 0 Å². The van der Waals surface area contributed by atoms with Gasteiger partial charge < -0.3 is 4.74 Å². The van der Waals surface area contributed by atoms with Gasteiger partial charge >= 0.3 is 5.97 Å². The predicted molar refractivity (Wildman–Crippen MR) is 113 cm³/mol. The highest BCUT2D eigenvalue weighted by Gasteiger charge is 2.31. The Bertz CT molecular complexity index is 830. The van der Waals surface area contributed by atoms with E-state index < -0.39 is 18.2 Å². The lowest BCUT2D eigenvalue weighted by Gasteiger charge is -2.30. The molecule has 0 fully saturated rings. The number of esters is 1. The molecular weight excluding hydrogens is 365 g/mol. The SMILES string of the molecule is CC(C(F)C(=O)OCc1ccccc1)N(Cc1ccccc1)Cc1ccccc1. The van der Waals surface area contributed by atoms with Crippen LogP contribution in [0, 0.1) is 0 Å². The number of hydrogen-bond acceptors (Lipinski definition) is 3. The van der Waals surface area contributed by atoms with Crippen LogP contribution in [-0.4, -0.2) is 23.1 Å². The summed E-state index contributed by atoms with van der Waals surface area (Å²) in [4.78, 5) is 14.3. The van der Waals surface area contributed by atoms with Crippen molar-refractivity contribution >= 4 is 5.97 Å². The van der Waals surface area contributed by atoms with Crippen molar-refractivity contribution in [3.63, 3.8) is 0 Å². The Hall–Kier alpha value is -2.98. The smallest absolute Gasteiger partial charge is 0.342 e. The zero-order chi connectivity index (χ0) is 20.5. The second-order valence-electron chi connectivity index (χ2n) is 7.11. The standard InChI is InChI=1S/C25H26FNO2/c1-20(24(26)25(28)29-19-23-15-9-4-10-16-23)27(17-21-11-5-2-6-12-21)18-22-13-7-3-8-14-22/h2-16,20,24H,17-19H2,1H3. The minimum atomic E-state index is -1.73. The van der Waals surface area contributed by atoms with Crippen molar-refractivity contribution in [2.24, 2.45) is 0 Å². The largest absolute Gasteiger partial charge is 0.459 e. The molecule has 0 amide bonds. The van der Waals surface area contributed by atoms with Crippen LogP contribution in [-0.2, 0) is 29.2 Å². The molecule has 0 N–H and O–H groups in total. The summed E-state index contributed by atoms with van der Waals surface area (Å²) in [5.74, 6) is -0.826. The fourth-order valence-corrected chi connectivity index (χ4v) is 3.17. The molecule has 3 rings (SSSR count). The highest BCUT2D eigenvalue weighted by atomic mass is 19.1. The third-order valence-electron chi connectivity index (χ3n) is 4.91. The average molecular weight is 391 g/mol. The summed E-state index contributed by atoms with van der Waals surface area (Å²) < 4.78 is 20.3. The number of benzene rings is 3. The van der Waals surface area contributed by atoms with Crippen LogP contribution in [0.5, 0.6) is 0 Å². The van der Waals surface area contributed by atoms with Crippen LogP contribution in [0.15, 0.2) is 91.0 Å². The zero-order valence-electron chi connectivity index (χ0n) is 16.6. The van der Waals surface area contributed by atoms with Gasteiger partial charge in [0, 0.05) is 19.1 Å². The van der Waals surface area contributed by atoms with E-state index in [1.54, 1.807) is 6.92 Å². The van der Waals surface area contributed by atoms with E-state index >= 15 is 4.39 Å². The molecule has 2 unspecified atom stereocenters.